The Morgan fingerprint density at radius 1 is 1.31 bits per heavy atom. The van der Waals surface area contributed by atoms with Gasteiger partial charge in [-0.3, -0.25) is 4.79 Å². The molecule has 1 aromatic carbocycles. The highest BCUT2D eigenvalue weighted by atomic mass is 32.1. The zero-order valence-corrected chi connectivity index (χ0v) is 17.2. The molecule has 1 aliphatic rings. The number of hydrogen-bond acceptors (Lipinski definition) is 6. The largest absolute Gasteiger partial charge is 0.343 e. The van der Waals surface area contributed by atoms with Crippen LogP contribution in [0.1, 0.15) is 49.7 Å². The number of hydrogen-bond donors (Lipinski definition) is 1. The lowest BCUT2D eigenvalue weighted by Crippen LogP contribution is -2.37. The molecule has 0 saturated carbocycles. The summed E-state index contributed by atoms with van der Waals surface area (Å²) in [4.78, 5) is 23.1. The highest BCUT2D eigenvalue weighted by Gasteiger charge is 2.23. The van der Waals surface area contributed by atoms with Gasteiger partial charge in [0, 0.05) is 25.7 Å². The average Bonchev–Trinajstić information content (AvgIpc) is 3.15. The lowest BCUT2D eigenvalue weighted by atomic mass is 9.90. The van der Waals surface area contributed by atoms with Gasteiger partial charge in [0.25, 0.3) is 0 Å². The summed E-state index contributed by atoms with van der Waals surface area (Å²) in [5.74, 6) is 1.49. The van der Waals surface area contributed by atoms with Crippen LogP contribution < -0.4 is 5.32 Å². The van der Waals surface area contributed by atoms with Gasteiger partial charge >= 0.3 is 0 Å². The molecule has 1 N–H and O–H groups in total. The van der Waals surface area contributed by atoms with Crippen molar-refractivity contribution >= 4 is 38.4 Å². The van der Waals surface area contributed by atoms with E-state index in [1.54, 1.807) is 6.07 Å². The first-order valence-corrected chi connectivity index (χ1v) is 10.8. The van der Waals surface area contributed by atoms with Gasteiger partial charge < -0.3 is 10.2 Å². The van der Waals surface area contributed by atoms with E-state index in [0.717, 1.165) is 53.5 Å². The van der Waals surface area contributed by atoms with Crippen molar-refractivity contribution in [3.63, 3.8) is 0 Å². The number of likely N-dealkylation sites (tertiary alicyclic amines) is 1. The Hall–Kier alpha value is -2.98. The van der Waals surface area contributed by atoms with Gasteiger partial charge in [-0.2, -0.15) is 5.26 Å². The van der Waals surface area contributed by atoms with Gasteiger partial charge in [0.15, 0.2) is 5.13 Å². The second-order valence-electron chi connectivity index (χ2n) is 7.32. The molecule has 29 heavy (non-hydrogen) atoms. The molecule has 2 aromatic heterocycles. The molecule has 6 nitrogen and oxygen atoms in total. The first-order valence-electron chi connectivity index (χ1n) is 9.97. The van der Waals surface area contributed by atoms with Gasteiger partial charge in [-0.25, -0.2) is 9.97 Å². The highest BCUT2D eigenvalue weighted by molar-refractivity contribution is 7.22. The standard InChI is InChI=1S/C22H23N5OS/c1-2-3-21(28)27-10-7-16(8-11-27)17-6-9-24-20(13-17)26-22-25-18-5-4-15(14-23)12-19(18)29-22/h4-6,9,12-13,16H,2-3,7-8,10-11H2,1H3,(H,24,25,26). The van der Waals surface area contributed by atoms with E-state index in [0.29, 0.717) is 17.9 Å². The van der Waals surface area contributed by atoms with E-state index in [4.69, 9.17) is 5.26 Å². The Labute approximate surface area is 174 Å². The van der Waals surface area contributed by atoms with Crippen molar-refractivity contribution in [3.8, 4) is 6.07 Å². The van der Waals surface area contributed by atoms with Gasteiger partial charge in [-0.1, -0.05) is 18.3 Å². The minimum atomic E-state index is 0.276. The number of piperidine rings is 1. The van der Waals surface area contributed by atoms with E-state index in [1.165, 1.54) is 16.9 Å². The molecule has 0 bridgehead atoms. The summed E-state index contributed by atoms with van der Waals surface area (Å²) in [5, 5.41) is 13.1. The Balaban J connectivity index is 1.44. The van der Waals surface area contributed by atoms with Crippen LogP contribution in [0.3, 0.4) is 0 Å². The van der Waals surface area contributed by atoms with E-state index < -0.39 is 0 Å². The fraction of sp³-hybridized carbons (Fsp3) is 0.364. The molecule has 1 fully saturated rings. The van der Waals surface area contributed by atoms with Crippen LogP contribution in [-0.4, -0.2) is 33.9 Å². The van der Waals surface area contributed by atoms with E-state index in [2.05, 4.69) is 33.5 Å². The molecule has 3 aromatic rings. The molecule has 0 aliphatic carbocycles. The SMILES string of the molecule is CCCC(=O)N1CCC(c2ccnc(Nc3nc4ccc(C#N)cc4s3)c2)CC1. The molecule has 0 radical (unpaired) electrons. The van der Waals surface area contributed by atoms with Crippen molar-refractivity contribution in [3.05, 3.63) is 47.7 Å². The maximum absolute atomic E-state index is 12.1. The fourth-order valence-corrected chi connectivity index (χ4v) is 4.67. The Kier molecular flexibility index (Phi) is 5.72. The van der Waals surface area contributed by atoms with E-state index >= 15 is 0 Å². The van der Waals surface area contributed by atoms with E-state index in [1.807, 2.05) is 30.2 Å². The van der Waals surface area contributed by atoms with Gasteiger partial charge in [0.05, 0.1) is 21.8 Å². The van der Waals surface area contributed by atoms with Crippen LogP contribution in [-0.2, 0) is 4.79 Å². The highest BCUT2D eigenvalue weighted by Crippen LogP contribution is 2.32. The van der Waals surface area contributed by atoms with Crippen LogP contribution in [0.4, 0.5) is 10.9 Å². The van der Waals surface area contributed by atoms with Crippen LogP contribution in [0.25, 0.3) is 10.2 Å². The zero-order valence-electron chi connectivity index (χ0n) is 16.4. The normalized spacial score (nSPS) is 14.7. The first-order chi connectivity index (χ1) is 14.2. The lowest BCUT2D eigenvalue weighted by Gasteiger charge is -2.32. The number of nitrogens with zero attached hydrogens (tertiary/aromatic N) is 4. The predicted octanol–water partition coefficient (Wildman–Crippen LogP) is 4.81. The maximum atomic E-state index is 12.1. The molecular formula is C22H23N5OS. The number of anilines is 2. The number of pyridine rings is 1. The smallest absolute Gasteiger partial charge is 0.222 e. The van der Waals surface area contributed by atoms with Gasteiger partial charge in [-0.15, -0.1) is 0 Å². The monoisotopic (exact) mass is 405 g/mol. The van der Waals surface area contributed by atoms with Crippen LogP contribution in [0.2, 0.25) is 0 Å². The fourth-order valence-electron chi connectivity index (χ4n) is 3.76. The number of amides is 1. The Morgan fingerprint density at radius 3 is 2.90 bits per heavy atom. The molecule has 148 valence electrons. The number of fused-ring (bicyclic) bond motifs is 1. The molecule has 3 heterocycles. The first kappa shape index (κ1) is 19.3. The summed E-state index contributed by atoms with van der Waals surface area (Å²) < 4.78 is 0.979. The van der Waals surface area contributed by atoms with E-state index in [9.17, 15) is 4.79 Å². The summed E-state index contributed by atoms with van der Waals surface area (Å²) in [6, 6.07) is 11.8. The second-order valence-corrected chi connectivity index (χ2v) is 8.35. The van der Waals surface area contributed by atoms with Crippen molar-refractivity contribution in [1.29, 1.82) is 5.26 Å². The summed E-state index contributed by atoms with van der Waals surface area (Å²) in [5.41, 5.74) is 2.76. The van der Waals surface area contributed by atoms with E-state index in [-0.39, 0.29) is 5.91 Å². The number of benzene rings is 1. The molecule has 0 spiro atoms. The van der Waals surface area contributed by atoms with Crippen molar-refractivity contribution in [2.45, 2.75) is 38.5 Å². The number of nitrogens with one attached hydrogen (secondary N) is 1. The third-order valence-corrected chi connectivity index (χ3v) is 6.25. The van der Waals surface area contributed by atoms with Crippen LogP contribution in [0.15, 0.2) is 36.5 Å². The molecule has 1 amide bonds. The van der Waals surface area contributed by atoms with Crippen molar-refractivity contribution < 1.29 is 4.79 Å². The number of carbonyl (C=O) groups is 1. The second kappa shape index (κ2) is 8.58. The van der Waals surface area contributed by atoms with Gasteiger partial charge in [0.1, 0.15) is 5.82 Å². The van der Waals surface area contributed by atoms with Crippen LogP contribution in [0, 0.1) is 11.3 Å². The minimum Gasteiger partial charge on any atom is -0.343 e. The zero-order chi connectivity index (χ0) is 20.2. The predicted molar refractivity (Wildman–Crippen MR) is 115 cm³/mol. The molecule has 4 rings (SSSR count). The minimum absolute atomic E-state index is 0.276. The van der Waals surface area contributed by atoms with Crippen molar-refractivity contribution in [2.24, 2.45) is 0 Å². The summed E-state index contributed by atoms with van der Waals surface area (Å²) in [6.07, 6.45) is 5.34. The summed E-state index contributed by atoms with van der Waals surface area (Å²) in [7, 11) is 0. The number of carbonyl (C=O) groups excluding carboxylic acids is 1. The third-order valence-electron chi connectivity index (χ3n) is 5.32. The third kappa shape index (κ3) is 4.38. The number of nitriles is 1. The van der Waals surface area contributed by atoms with Gasteiger partial charge in [-0.05, 0) is 61.1 Å². The number of rotatable bonds is 5. The summed E-state index contributed by atoms with van der Waals surface area (Å²) >= 11 is 1.51. The topological polar surface area (TPSA) is 81.9 Å². The lowest BCUT2D eigenvalue weighted by molar-refractivity contribution is -0.132. The van der Waals surface area contributed by atoms with Gasteiger partial charge in [0.2, 0.25) is 5.91 Å². The molecular weight excluding hydrogens is 382 g/mol. The molecule has 7 heteroatoms. The number of thiazole rings is 1. The van der Waals surface area contributed by atoms with Crippen LogP contribution >= 0.6 is 11.3 Å². The maximum Gasteiger partial charge on any atom is 0.222 e. The Morgan fingerprint density at radius 2 is 2.14 bits per heavy atom. The average molecular weight is 406 g/mol. The quantitative estimate of drug-likeness (QED) is 0.658. The number of aromatic nitrogens is 2. The molecule has 0 unspecified atom stereocenters. The summed E-state index contributed by atoms with van der Waals surface area (Å²) in [6.45, 7) is 3.70. The van der Waals surface area contributed by atoms with Crippen molar-refractivity contribution in [2.75, 3.05) is 18.4 Å². The van der Waals surface area contributed by atoms with Crippen LogP contribution in [0.5, 0.6) is 0 Å². The molecule has 0 atom stereocenters. The van der Waals surface area contributed by atoms with Crippen molar-refractivity contribution in [1.82, 2.24) is 14.9 Å². The molecule has 1 aliphatic heterocycles. The Bertz CT molecular complexity index is 1060. The molecule has 1 saturated heterocycles.